The van der Waals surface area contributed by atoms with Crippen molar-refractivity contribution in [3.05, 3.63) is 29.3 Å². The number of nitrogens with one attached hydrogen (secondary N) is 1. The Bertz CT molecular complexity index is 474. The molecule has 1 aliphatic rings. The number of carbonyl (C=O) groups is 1. The second kappa shape index (κ2) is 6.75. The van der Waals surface area contributed by atoms with Crippen molar-refractivity contribution < 1.29 is 9.53 Å². The molecule has 3 N–H and O–H groups in total. The van der Waals surface area contributed by atoms with Crippen molar-refractivity contribution >= 4 is 5.91 Å². The van der Waals surface area contributed by atoms with Crippen LogP contribution < -0.4 is 15.8 Å². The first kappa shape index (κ1) is 14.9. The van der Waals surface area contributed by atoms with Crippen molar-refractivity contribution in [2.75, 3.05) is 13.2 Å². The van der Waals surface area contributed by atoms with Gasteiger partial charge in [-0.2, -0.15) is 0 Å². The Morgan fingerprint density at radius 2 is 2.20 bits per heavy atom. The van der Waals surface area contributed by atoms with E-state index in [0.717, 1.165) is 36.1 Å². The van der Waals surface area contributed by atoms with E-state index in [1.807, 2.05) is 32.0 Å². The molecular weight excluding hydrogens is 252 g/mol. The molecule has 0 saturated heterocycles. The predicted molar refractivity (Wildman–Crippen MR) is 79.7 cm³/mol. The lowest BCUT2D eigenvalue weighted by Gasteiger charge is -2.19. The minimum Gasteiger partial charge on any atom is -0.483 e. The van der Waals surface area contributed by atoms with Crippen molar-refractivity contribution in [3.63, 3.8) is 0 Å². The van der Waals surface area contributed by atoms with Crippen LogP contribution in [0.25, 0.3) is 0 Å². The van der Waals surface area contributed by atoms with Gasteiger partial charge >= 0.3 is 0 Å². The Morgan fingerprint density at radius 1 is 1.40 bits per heavy atom. The van der Waals surface area contributed by atoms with E-state index in [1.165, 1.54) is 0 Å². The van der Waals surface area contributed by atoms with Crippen LogP contribution in [0.5, 0.6) is 5.75 Å². The zero-order valence-electron chi connectivity index (χ0n) is 12.3. The quantitative estimate of drug-likeness (QED) is 0.863. The van der Waals surface area contributed by atoms with Crippen LogP contribution in [0.3, 0.4) is 0 Å². The number of nitrogens with two attached hydrogens (primary N) is 1. The van der Waals surface area contributed by atoms with Gasteiger partial charge in [-0.1, -0.05) is 18.6 Å². The van der Waals surface area contributed by atoms with Crippen molar-refractivity contribution in [2.45, 2.75) is 39.2 Å². The van der Waals surface area contributed by atoms with Crippen LogP contribution in [0.4, 0.5) is 0 Å². The van der Waals surface area contributed by atoms with Gasteiger partial charge in [-0.3, -0.25) is 4.79 Å². The van der Waals surface area contributed by atoms with Gasteiger partial charge in [-0.05, 0) is 56.3 Å². The minimum atomic E-state index is -0.0590. The van der Waals surface area contributed by atoms with Crippen LogP contribution in [0.15, 0.2) is 18.2 Å². The van der Waals surface area contributed by atoms with E-state index < -0.39 is 0 Å². The molecule has 1 saturated carbocycles. The van der Waals surface area contributed by atoms with Crippen LogP contribution in [0.2, 0.25) is 0 Å². The molecular formula is C16H24N2O2. The maximum absolute atomic E-state index is 12.0. The highest BCUT2D eigenvalue weighted by Crippen LogP contribution is 2.24. The molecule has 0 aromatic heterocycles. The summed E-state index contributed by atoms with van der Waals surface area (Å²) in [5.41, 5.74) is 7.89. The Labute approximate surface area is 120 Å². The van der Waals surface area contributed by atoms with Crippen LogP contribution in [0.1, 0.15) is 30.4 Å². The van der Waals surface area contributed by atoms with Gasteiger partial charge in [-0.25, -0.2) is 0 Å². The Hall–Kier alpha value is -1.55. The summed E-state index contributed by atoms with van der Waals surface area (Å²) in [7, 11) is 0. The molecule has 4 nitrogen and oxygen atoms in total. The number of ether oxygens (including phenoxy) is 1. The third-order valence-electron chi connectivity index (χ3n) is 4.01. The van der Waals surface area contributed by atoms with Crippen molar-refractivity contribution in [2.24, 2.45) is 11.7 Å². The zero-order chi connectivity index (χ0) is 14.5. The number of amides is 1. The second-order valence-corrected chi connectivity index (χ2v) is 5.66. The van der Waals surface area contributed by atoms with Gasteiger partial charge in [0.1, 0.15) is 5.75 Å². The number of aryl methyl sites for hydroxylation is 2. The van der Waals surface area contributed by atoms with E-state index in [4.69, 9.17) is 10.5 Å². The highest BCUT2D eigenvalue weighted by atomic mass is 16.5. The van der Waals surface area contributed by atoms with Gasteiger partial charge in [-0.15, -0.1) is 0 Å². The van der Waals surface area contributed by atoms with E-state index in [1.54, 1.807) is 0 Å². The third-order valence-corrected chi connectivity index (χ3v) is 4.01. The number of benzene rings is 1. The molecule has 1 amide bonds. The number of rotatable bonds is 5. The van der Waals surface area contributed by atoms with Gasteiger partial charge in [0.25, 0.3) is 5.91 Å². The monoisotopic (exact) mass is 276 g/mol. The molecule has 1 aromatic rings. The van der Waals surface area contributed by atoms with Crippen LogP contribution >= 0.6 is 0 Å². The summed E-state index contributed by atoms with van der Waals surface area (Å²) >= 11 is 0. The molecule has 0 spiro atoms. The molecule has 4 heteroatoms. The number of hydrogen-bond donors (Lipinski definition) is 2. The van der Waals surface area contributed by atoms with E-state index >= 15 is 0 Å². The van der Waals surface area contributed by atoms with Crippen molar-refractivity contribution in [3.8, 4) is 5.75 Å². The number of hydrogen-bond acceptors (Lipinski definition) is 3. The van der Waals surface area contributed by atoms with E-state index in [2.05, 4.69) is 5.32 Å². The molecule has 20 heavy (non-hydrogen) atoms. The molecule has 1 fully saturated rings. The summed E-state index contributed by atoms with van der Waals surface area (Å²) < 4.78 is 5.62. The molecule has 0 aliphatic heterocycles. The molecule has 2 unspecified atom stereocenters. The largest absolute Gasteiger partial charge is 0.483 e. The maximum Gasteiger partial charge on any atom is 0.258 e. The summed E-state index contributed by atoms with van der Waals surface area (Å²) in [6.45, 7) is 4.70. The third kappa shape index (κ3) is 3.73. The Kier molecular flexibility index (Phi) is 5.01. The SMILES string of the molecule is Cc1ccc(C)c(OCC(=O)NC2CCCC2CN)c1. The minimum absolute atomic E-state index is 0.0590. The van der Waals surface area contributed by atoms with Crippen molar-refractivity contribution in [1.29, 1.82) is 0 Å². The molecule has 0 bridgehead atoms. The molecule has 2 atom stereocenters. The topological polar surface area (TPSA) is 64.3 Å². The zero-order valence-corrected chi connectivity index (χ0v) is 12.3. The van der Waals surface area contributed by atoms with E-state index in [9.17, 15) is 4.79 Å². The van der Waals surface area contributed by atoms with Crippen LogP contribution in [0, 0.1) is 19.8 Å². The average Bonchev–Trinajstić information content (AvgIpc) is 2.87. The summed E-state index contributed by atoms with van der Waals surface area (Å²) in [4.78, 5) is 12.0. The summed E-state index contributed by atoms with van der Waals surface area (Å²) in [6, 6.07) is 6.21. The fourth-order valence-corrected chi connectivity index (χ4v) is 2.76. The first-order valence-corrected chi connectivity index (χ1v) is 7.29. The second-order valence-electron chi connectivity index (χ2n) is 5.66. The lowest BCUT2D eigenvalue weighted by molar-refractivity contribution is -0.124. The Morgan fingerprint density at radius 3 is 2.95 bits per heavy atom. The highest BCUT2D eigenvalue weighted by Gasteiger charge is 2.27. The summed E-state index contributed by atoms with van der Waals surface area (Å²) in [5, 5.41) is 3.04. The van der Waals surface area contributed by atoms with Crippen LogP contribution in [-0.2, 0) is 4.79 Å². The van der Waals surface area contributed by atoms with Crippen molar-refractivity contribution in [1.82, 2.24) is 5.32 Å². The lowest BCUT2D eigenvalue weighted by atomic mass is 10.0. The molecule has 1 aliphatic carbocycles. The van der Waals surface area contributed by atoms with Gasteiger partial charge in [0, 0.05) is 6.04 Å². The standard InChI is InChI=1S/C16H24N2O2/c1-11-6-7-12(2)15(8-11)20-10-16(19)18-14-5-3-4-13(14)9-17/h6-8,13-14H,3-5,9-10,17H2,1-2H3,(H,18,19). The maximum atomic E-state index is 12.0. The molecule has 1 aromatic carbocycles. The Balaban J connectivity index is 1.84. The number of carbonyl (C=O) groups excluding carboxylic acids is 1. The summed E-state index contributed by atoms with van der Waals surface area (Å²) in [6.07, 6.45) is 3.28. The molecule has 2 rings (SSSR count). The fourth-order valence-electron chi connectivity index (χ4n) is 2.76. The van der Waals surface area contributed by atoms with Crippen LogP contribution in [-0.4, -0.2) is 25.1 Å². The molecule has 110 valence electrons. The first-order chi connectivity index (χ1) is 9.60. The molecule has 0 radical (unpaired) electrons. The van der Waals surface area contributed by atoms with Gasteiger partial charge in [0.2, 0.25) is 0 Å². The van der Waals surface area contributed by atoms with E-state index in [0.29, 0.717) is 12.5 Å². The van der Waals surface area contributed by atoms with E-state index in [-0.39, 0.29) is 18.6 Å². The smallest absolute Gasteiger partial charge is 0.258 e. The van der Waals surface area contributed by atoms with Gasteiger partial charge in [0.15, 0.2) is 6.61 Å². The van der Waals surface area contributed by atoms with Gasteiger partial charge < -0.3 is 15.8 Å². The lowest BCUT2D eigenvalue weighted by Crippen LogP contribution is -2.42. The summed E-state index contributed by atoms with van der Waals surface area (Å²) in [5.74, 6) is 1.14. The van der Waals surface area contributed by atoms with Gasteiger partial charge in [0.05, 0.1) is 0 Å². The first-order valence-electron chi connectivity index (χ1n) is 7.29. The predicted octanol–water partition coefficient (Wildman–Crippen LogP) is 1.93. The normalized spacial score (nSPS) is 21.8. The molecule has 0 heterocycles. The highest BCUT2D eigenvalue weighted by molar-refractivity contribution is 5.78. The fraction of sp³-hybridized carbons (Fsp3) is 0.562. The average molecular weight is 276 g/mol.